The van der Waals surface area contributed by atoms with E-state index in [0.717, 1.165) is 0 Å². The Labute approximate surface area is 61.7 Å². The van der Waals surface area contributed by atoms with Gasteiger partial charge in [0.1, 0.15) is 0 Å². The normalized spacial score (nSPS) is 33.8. The number of aliphatic imine (C=N–C) groups is 1. The summed E-state index contributed by atoms with van der Waals surface area (Å²) < 4.78 is 0. The molecule has 1 amide bonds. The monoisotopic (exact) mass is 154 g/mol. The first-order valence-corrected chi connectivity index (χ1v) is 3.07. The van der Waals surface area contributed by atoms with Gasteiger partial charge in [0.25, 0.3) is 5.91 Å². The molecule has 0 unspecified atom stereocenters. The van der Waals surface area contributed by atoms with Gasteiger partial charge in [0.05, 0.1) is 0 Å². The molecule has 58 valence electrons. The number of nitrogens with two attached hydrogens (primary N) is 1. The molecule has 11 heavy (non-hydrogen) atoms. The first-order chi connectivity index (χ1) is 5.27. The third kappa shape index (κ3) is 0.810. The minimum atomic E-state index is -0.484. The molecule has 0 aromatic heterocycles. The maximum Gasteiger partial charge on any atom is 0.255 e. The highest BCUT2D eigenvalue weighted by Gasteiger charge is 2.35. The number of hydrogen-bond donors (Lipinski definition) is 3. The second-order valence-corrected chi connectivity index (χ2v) is 2.24. The molecular weight excluding hydrogens is 148 g/mol. The highest BCUT2D eigenvalue weighted by Crippen LogP contribution is 2.10. The van der Waals surface area contributed by atoms with E-state index in [-0.39, 0.29) is 11.9 Å². The van der Waals surface area contributed by atoms with E-state index in [9.17, 15) is 4.79 Å². The fraction of sp³-hybridized carbons (Fsp3) is 0.500. The molecule has 7 heteroatoms. The Hall–Kier alpha value is -1.66. The van der Waals surface area contributed by atoms with Crippen LogP contribution in [0.25, 0.3) is 0 Å². The highest BCUT2D eigenvalue weighted by atomic mass is 16.2. The Kier molecular flexibility index (Phi) is 1.05. The van der Waals surface area contributed by atoms with Gasteiger partial charge in [-0.1, -0.05) is 5.22 Å². The second-order valence-electron chi connectivity index (χ2n) is 2.24. The standard InChI is InChI=1S/C4H6N6O/c5-4-6-2-1(3(11)7-4)8-10-9-2/h1-2H,(H,8,9)(H3,5,6,7,11)/t1-,2-/m1/s1. The number of carbonyl (C=O) groups excluding carboxylic acids is 1. The quantitative estimate of drug-likeness (QED) is 0.379. The fourth-order valence-electron chi connectivity index (χ4n) is 0.961. The summed E-state index contributed by atoms with van der Waals surface area (Å²) in [5.74, 6) is -0.147. The van der Waals surface area contributed by atoms with Crippen molar-refractivity contribution in [1.29, 1.82) is 0 Å². The highest BCUT2D eigenvalue weighted by molar-refractivity contribution is 6.01. The Morgan fingerprint density at radius 2 is 2.36 bits per heavy atom. The smallest absolute Gasteiger partial charge is 0.255 e. The number of guanidine groups is 1. The van der Waals surface area contributed by atoms with Crippen LogP contribution in [0, 0.1) is 0 Å². The van der Waals surface area contributed by atoms with Gasteiger partial charge in [0, 0.05) is 0 Å². The average molecular weight is 154 g/mol. The molecule has 0 saturated heterocycles. The van der Waals surface area contributed by atoms with Gasteiger partial charge in [-0.3, -0.25) is 15.5 Å². The number of fused-ring (bicyclic) bond motifs is 1. The number of amides is 1. The maximum atomic E-state index is 11.0. The summed E-state index contributed by atoms with van der Waals surface area (Å²) in [5, 5.41) is 9.47. The first kappa shape index (κ1) is 6.08. The van der Waals surface area contributed by atoms with E-state index >= 15 is 0 Å². The van der Waals surface area contributed by atoms with Gasteiger partial charge >= 0.3 is 0 Å². The van der Waals surface area contributed by atoms with Crippen LogP contribution in [-0.2, 0) is 4.79 Å². The zero-order chi connectivity index (χ0) is 7.84. The van der Waals surface area contributed by atoms with Crippen LogP contribution in [0.1, 0.15) is 0 Å². The lowest BCUT2D eigenvalue weighted by Crippen LogP contribution is -2.54. The molecular formula is C4H6N6O. The number of rotatable bonds is 0. The molecule has 2 heterocycles. The molecule has 0 aromatic rings. The van der Waals surface area contributed by atoms with Gasteiger partial charge in [-0.25, -0.2) is 4.99 Å². The molecule has 7 nitrogen and oxygen atoms in total. The van der Waals surface area contributed by atoms with E-state index in [2.05, 4.69) is 26.1 Å². The van der Waals surface area contributed by atoms with Crippen LogP contribution in [0.2, 0.25) is 0 Å². The van der Waals surface area contributed by atoms with Crippen LogP contribution in [0.4, 0.5) is 0 Å². The van der Waals surface area contributed by atoms with Gasteiger partial charge < -0.3 is 5.73 Å². The minimum Gasteiger partial charge on any atom is -0.370 e. The van der Waals surface area contributed by atoms with Gasteiger partial charge in [-0.2, -0.15) is 0 Å². The van der Waals surface area contributed by atoms with Crippen molar-refractivity contribution in [2.24, 2.45) is 21.1 Å². The molecule has 0 spiro atoms. The summed E-state index contributed by atoms with van der Waals surface area (Å²) in [4.78, 5) is 14.9. The SMILES string of the molecule is NC1=N[C@@H]2N=NN[C@H]2C(=O)N1. The Balaban J connectivity index is 2.30. The van der Waals surface area contributed by atoms with Crippen molar-refractivity contribution in [1.82, 2.24) is 10.7 Å². The molecule has 0 aliphatic carbocycles. The summed E-state index contributed by atoms with van der Waals surface area (Å²) in [6.07, 6.45) is -0.483. The lowest BCUT2D eigenvalue weighted by molar-refractivity contribution is -0.122. The molecule has 4 N–H and O–H groups in total. The van der Waals surface area contributed by atoms with Gasteiger partial charge in [0.2, 0.25) is 0 Å². The van der Waals surface area contributed by atoms with Gasteiger partial charge in [-0.05, 0) is 0 Å². The summed E-state index contributed by atoms with van der Waals surface area (Å²) in [6.45, 7) is 0. The molecule has 2 atom stereocenters. The largest absolute Gasteiger partial charge is 0.370 e. The van der Waals surface area contributed by atoms with Gasteiger partial charge in [-0.15, -0.1) is 5.11 Å². The van der Waals surface area contributed by atoms with E-state index in [1.165, 1.54) is 0 Å². The van der Waals surface area contributed by atoms with E-state index in [1.54, 1.807) is 0 Å². The Bertz CT molecular complexity index is 257. The van der Waals surface area contributed by atoms with Crippen LogP contribution in [-0.4, -0.2) is 24.1 Å². The molecule has 0 bridgehead atoms. The zero-order valence-corrected chi connectivity index (χ0v) is 5.48. The van der Waals surface area contributed by atoms with Crippen molar-refractivity contribution in [3.8, 4) is 0 Å². The summed E-state index contributed by atoms with van der Waals surface area (Å²) in [5.41, 5.74) is 7.78. The third-order valence-electron chi connectivity index (χ3n) is 1.48. The summed E-state index contributed by atoms with van der Waals surface area (Å²) in [7, 11) is 0. The predicted octanol–water partition coefficient (Wildman–Crippen LogP) is -1.90. The maximum absolute atomic E-state index is 11.0. The second kappa shape index (κ2) is 1.91. The van der Waals surface area contributed by atoms with Crippen molar-refractivity contribution < 1.29 is 4.79 Å². The third-order valence-corrected chi connectivity index (χ3v) is 1.48. The number of carbonyl (C=O) groups is 1. The first-order valence-electron chi connectivity index (χ1n) is 3.07. The zero-order valence-electron chi connectivity index (χ0n) is 5.48. The summed E-state index contributed by atoms with van der Waals surface area (Å²) >= 11 is 0. The molecule has 0 aromatic carbocycles. The molecule has 2 aliphatic rings. The Morgan fingerprint density at radius 1 is 1.55 bits per heavy atom. The minimum absolute atomic E-state index is 0.0962. The van der Waals surface area contributed by atoms with E-state index in [0.29, 0.717) is 0 Å². The molecule has 0 saturated carbocycles. The lowest BCUT2D eigenvalue weighted by Gasteiger charge is -2.18. The van der Waals surface area contributed by atoms with Crippen molar-refractivity contribution in [2.75, 3.05) is 0 Å². The van der Waals surface area contributed by atoms with Gasteiger partial charge in [0.15, 0.2) is 18.2 Å². The lowest BCUT2D eigenvalue weighted by atomic mass is 10.2. The van der Waals surface area contributed by atoms with Crippen LogP contribution in [0.5, 0.6) is 0 Å². The fourth-order valence-corrected chi connectivity index (χ4v) is 0.961. The van der Waals surface area contributed by atoms with Crippen LogP contribution >= 0.6 is 0 Å². The van der Waals surface area contributed by atoms with Crippen LogP contribution < -0.4 is 16.5 Å². The number of nitrogens with zero attached hydrogens (tertiary/aromatic N) is 3. The average Bonchev–Trinajstić information content (AvgIpc) is 2.34. The van der Waals surface area contributed by atoms with E-state index in [4.69, 9.17) is 5.73 Å². The van der Waals surface area contributed by atoms with Crippen molar-refractivity contribution in [3.05, 3.63) is 0 Å². The molecule has 0 fully saturated rings. The molecule has 2 rings (SSSR count). The topological polar surface area (TPSA) is 104 Å². The van der Waals surface area contributed by atoms with Crippen molar-refractivity contribution in [3.63, 3.8) is 0 Å². The molecule has 2 aliphatic heterocycles. The predicted molar refractivity (Wildman–Crippen MR) is 35.3 cm³/mol. The van der Waals surface area contributed by atoms with Crippen molar-refractivity contribution in [2.45, 2.75) is 12.2 Å². The van der Waals surface area contributed by atoms with E-state index in [1.807, 2.05) is 0 Å². The summed E-state index contributed by atoms with van der Waals surface area (Å²) in [6, 6.07) is -0.484. The molecule has 0 radical (unpaired) electrons. The van der Waals surface area contributed by atoms with Crippen LogP contribution in [0.3, 0.4) is 0 Å². The van der Waals surface area contributed by atoms with Crippen molar-refractivity contribution >= 4 is 11.9 Å². The van der Waals surface area contributed by atoms with Crippen LogP contribution in [0.15, 0.2) is 15.3 Å². The number of hydrogen-bond acceptors (Lipinski definition) is 6. The van der Waals surface area contributed by atoms with E-state index < -0.39 is 12.2 Å². The Morgan fingerprint density at radius 3 is 3.18 bits per heavy atom. The number of nitrogens with one attached hydrogen (secondary N) is 2.